The lowest BCUT2D eigenvalue weighted by molar-refractivity contribution is -0.401. The van der Waals surface area contributed by atoms with Crippen LogP contribution in [0.2, 0.25) is 0 Å². The molecule has 0 heterocycles. The van der Waals surface area contributed by atoms with E-state index in [-0.39, 0.29) is 0 Å². The molecule has 158 valence electrons. The van der Waals surface area contributed by atoms with E-state index in [4.69, 9.17) is 5.11 Å². The summed E-state index contributed by atoms with van der Waals surface area (Å²) in [5, 5.41) is 8.68. The Morgan fingerprint density at radius 2 is 1.48 bits per heavy atom. The average Bonchev–Trinajstić information content (AvgIpc) is 2.46. The minimum Gasteiger partial charge on any atom is -0.450 e. The van der Waals surface area contributed by atoms with E-state index in [9.17, 15) is 53.5 Å². The molecule has 27 heavy (non-hydrogen) atoms. The zero-order chi connectivity index (χ0) is 22.0. The third-order valence-electron chi connectivity index (χ3n) is 2.80. The van der Waals surface area contributed by atoms with Gasteiger partial charge in [0.15, 0.2) is 6.61 Å². The Morgan fingerprint density at radius 3 is 1.78 bits per heavy atom. The van der Waals surface area contributed by atoms with Crippen molar-refractivity contribution in [1.29, 1.82) is 0 Å². The molecule has 0 aromatic rings. The second kappa shape index (κ2) is 7.90. The minimum atomic E-state index is -6.95. The molecule has 0 rings (SSSR count). The van der Waals surface area contributed by atoms with Gasteiger partial charge in [-0.1, -0.05) is 6.58 Å². The SMILES string of the molecule is C=C(C)C(=O)OCC(=O)OC(C(F)(F)F)C(F)(F)C(O)(C(F)F)C(F)(F)F. The van der Waals surface area contributed by atoms with Gasteiger partial charge in [0.2, 0.25) is 0 Å². The standard InChI is InChI=1S/C12H10F10O5/c1-4(2)6(24)26-3-5(23)27-7(11(17,18)19)10(15,16)9(25,8(13)14)12(20,21)22/h7-8,25H,1,3H2,2H3. The minimum absolute atomic E-state index is 0.398. The van der Waals surface area contributed by atoms with E-state index in [1.165, 1.54) is 0 Å². The third kappa shape index (κ3) is 5.23. The van der Waals surface area contributed by atoms with Crippen LogP contribution in [0.15, 0.2) is 12.2 Å². The lowest BCUT2D eigenvalue weighted by Gasteiger charge is -2.40. The van der Waals surface area contributed by atoms with Crippen LogP contribution in [0.5, 0.6) is 0 Å². The molecule has 5 nitrogen and oxygen atoms in total. The molecule has 0 aliphatic heterocycles. The van der Waals surface area contributed by atoms with Crippen LogP contribution in [0.3, 0.4) is 0 Å². The van der Waals surface area contributed by atoms with Gasteiger partial charge in [0.1, 0.15) is 0 Å². The van der Waals surface area contributed by atoms with Crippen molar-refractivity contribution < 1.29 is 68.1 Å². The van der Waals surface area contributed by atoms with Gasteiger partial charge < -0.3 is 14.6 Å². The van der Waals surface area contributed by atoms with Crippen LogP contribution >= 0.6 is 0 Å². The quantitative estimate of drug-likeness (QED) is 0.387. The van der Waals surface area contributed by atoms with E-state index in [0.717, 1.165) is 6.92 Å². The summed E-state index contributed by atoms with van der Waals surface area (Å²) >= 11 is 0. The van der Waals surface area contributed by atoms with Crippen molar-refractivity contribution in [2.24, 2.45) is 0 Å². The number of ether oxygens (including phenoxy) is 2. The number of esters is 2. The largest absolute Gasteiger partial charge is 0.450 e. The fraction of sp³-hybridized carbons (Fsp3) is 0.667. The first kappa shape index (κ1) is 24.9. The van der Waals surface area contributed by atoms with Gasteiger partial charge in [0.25, 0.3) is 18.1 Å². The predicted molar refractivity (Wildman–Crippen MR) is 63.7 cm³/mol. The van der Waals surface area contributed by atoms with E-state index >= 15 is 0 Å². The fourth-order valence-corrected chi connectivity index (χ4v) is 1.42. The highest BCUT2D eigenvalue weighted by Gasteiger charge is 2.81. The Bertz CT molecular complexity index is 582. The number of alkyl halides is 10. The number of carbonyl (C=O) groups excluding carboxylic acids is 2. The zero-order valence-corrected chi connectivity index (χ0v) is 12.9. The summed E-state index contributed by atoms with van der Waals surface area (Å²) < 4.78 is 135. The van der Waals surface area contributed by atoms with Crippen molar-refractivity contribution in [2.75, 3.05) is 6.61 Å². The molecule has 0 saturated carbocycles. The number of hydrogen-bond donors (Lipinski definition) is 1. The molecule has 0 aliphatic carbocycles. The highest BCUT2D eigenvalue weighted by molar-refractivity contribution is 5.88. The van der Waals surface area contributed by atoms with Crippen molar-refractivity contribution in [1.82, 2.24) is 0 Å². The summed E-state index contributed by atoms with van der Waals surface area (Å²) in [6.45, 7) is 2.21. The highest BCUT2D eigenvalue weighted by Crippen LogP contribution is 2.51. The second-order valence-electron chi connectivity index (χ2n) is 4.96. The van der Waals surface area contributed by atoms with Crippen LogP contribution in [0, 0.1) is 0 Å². The zero-order valence-electron chi connectivity index (χ0n) is 12.9. The molecule has 2 atom stereocenters. The molecular formula is C12H10F10O5. The molecule has 0 aliphatic rings. The Labute approximate surface area is 143 Å². The maximum Gasteiger partial charge on any atom is 0.431 e. The summed E-state index contributed by atoms with van der Waals surface area (Å²) in [6.07, 6.45) is -24.1. The predicted octanol–water partition coefficient (Wildman–Crippen LogP) is 2.77. The molecule has 0 saturated heterocycles. The lowest BCUT2D eigenvalue weighted by Crippen LogP contribution is -2.70. The maximum absolute atomic E-state index is 13.7. The van der Waals surface area contributed by atoms with Crippen LogP contribution in [0.25, 0.3) is 0 Å². The fourth-order valence-electron chi connectivity index (χ4n) is 1.42. The van der Waals surface area contributed by atoms with Gasteiger partial charge in [0.05, 0.1) is 0 Å². The summed E-state index contributed by atoms with van der Waals surface area (Å²) in [7, 11) is 0. The number of carbonyl (C=O) groups is 2. The number of hydrogen-bond acceptors (Lipinski definition) is 5. The number of aliphatic hydroxyl groups is 1. The van der Waals surface area contributed by atoms with Gasteiger partial charge >= 0.3 is 30.2 Å². The van der Waals surface area contributed by atoms with Crippen molar-refractivity contribution in [3.05, 3.63) is 12.2 Å². The Morgan fingerprint density at radius 1 is 1.04 bits per heavy atom. The van der Waals surface area contributed by atoms with Gasteiger partial charge in [-0.2, -0.15) is 35.1 Å². The molecule has 0 bridgehead atoms. The van der Waals surface area contributed by atoms with Crippen LogP contribution in [0.1, 0.15) is 6.92 Å². The molecule has 0 aromatic heterocycles. The first-order valence-electron chi connectivity index (χ1n) is 6.34. The summed E-state index contributed by atoms with van der Waals surface area (Å²) in [6, 6.07) is 0. The van der Waals surface area contributed by atoms with Crippen molar-refractivity contribution in [3.63, 3.8) is 0 Å². The normalized spacial score (nSPS) is 16.5. The summed E-state index contributed by atoms with van der Waals surface area (Å²) in [4.78, 5) is 22.0. The maximum atomic E-state index is 13.7. The first-order valence-corrected chi connectivity index (χ1v) is 6.34. The highest BCUT2D eigenvalue weighted by atomic mass is 19.4. The molecule has 0 aromatic carbocycles. The summed E-state index contributed by atoms with van der Waals surface area (Å²) in [5.41, 5.74) is -6.90. The first-order chi connectivity index (χ1) is 11.8. The van der Waals surface area contributed by atoms with E-state index in [1.807, 2.05) is 0 Å². The van der Waals surface area contributed by atoms with Gasteiger partial charge in [0, 0.05) is 5.57 Å². The van der Waals surface area contributed by atoms with Gasteiger partial charge in [-0.3, -0.25) is 0 Å². The molecule has 2 unspecified atom stereocenters. The molecule has 15 heteroatoms. The Balaban J connectivity index is 5.85. The monoisotopic (exact) mass is 424 g/mol. The van der Waals surface area contributed by atoms with E-state index < -0.39 is 60.5 Å². The van der Waals surface area contributed by atoms with E-state index in [2.05, 4.69) is 16.1 Å². The molecule has 0 spiro atoms. The van der Waals surface area contributed by atoms with Gasteiger partial charge in [-0.15, -0.1) is 0 Å². The topological polar surface area (TPSA) is 72.8 Å². The molecule has 0 radical (unpaired) electrons. The van der Waals surface area contributed by atoms with Crippen LogP contribution in [-0.4, -0.2) is 60.1 Å². The number of rotatable bonds is 7. The molecular weight excluding hydrogens is 414 g/mol. The van der Waals surface area contributed by atoms with Gasteiger partial charge in [-0.25, -0.2) is 18.4 Å². The van der Waals surface area contributed by atoms with Crippen LogP contribution < -0.4 is 0 Å². The lowest BCUT2D eigenvalue weighted by atomic mass is 9.90. The third-order valence-corrected chi connectivity index (χ3v) is 2.80. The second-order valence-corrected chi connectivity index (χ2v) is 4.96. The van der Waals surface area contributed by atoms with Crippen molar-refractivity contribution in [2.45, 2.75) is 43.3 Å². The smallest absolute Gasteiger partial charge is 0.431 e. The molecule has 0 fully saturated rings. The Hall–Kier alpha value is -2.06. The average molecular weight is 424 g/mol. The summed E-state index contributed by atoms with van der Waals surface area (Å²) in [5.74, 6) is -10.6. The van der Waals surface area contributed by atoms with Gasteiger partial charge in [-0.05, 0) is 6.92 Å². The Kier molecular flexibility index (Phi) is 7.30. The van der Waals surface area contributed by atoms with Crippen LogP contribution in [-0.2, 0) is 19.1 Å². The van der Waals surface area contributed by atoms with E-state index in [1.54, 1.807) is 0 Å². The van der Waals surface area contributed by atoms with E-state index in [0.29, 0.717) is 0 Å². The van der Waals surface area contributed by atoms with Crippen molar-refractivity contribution >= 4 is 11.9 Å². The molecule has 0 amide bonds. The van der Waals surface area contributed by atoms with Crippen molar-refractivity contribution in [3.8, 4) is 0 Å². The van der Waals surface area contributed by atoms with Crippen LogP contribution in [0.4, 0.5) is 43.9 Å². The number of halogens is 10. The molecule has 1 N–H and O–H groups in total.